The number of amides is 1. The predicted octanol–water partition coefficient (Wildman–Crippen LogP) is 5.35. The van der Waals surface area contributed by atoms with Crippen LogP contribution in [0.2, 0.25) is 0 Å². The summed E-state index contributed by atoms with van der Waals surface area (Å²) in [5.74, 6) is -0.299. The van der Waals surface area contributed by atoms with Crippen LogP contribution in [0, 0.1) is 5.82 Å². The van der Waals surface area contributed by atoms with E-state index in [1.807, 2.05) is 18.2 Å². The number of nitrogens with zero attached hydrogens (tertiary/aromatic N) is 1. The molecule has 1 N–H and O–H groups in total. The molecule has 1 aliphatic heterocycles. The highest BCUT2D eigenvalue weighted by atomic mass is 32.2. The number of carbonyl (C=O) groups excluding carboxylic acids is 2. The molecule has 1 aliphatic rings. The van der Waals surface area contributed by atoms with Gasteiger partial charge in [0.2, 0.25) is 5.91 Å². The molecule has 5 nitrogen and oxygen atoms in total. The van der Waals surface area contributed by atoms with Crippen LogP contribution in [0.5, 0.6) is 0 Å². The first kappa shape index (κ1) is 23.5. The second kappa shape index (κ2) is 11.0. The third-order valence-electron chi connectivity index (χ3n) is 5.44. The number of thioether (sulfide) groups is 1. The first-order valence-corrected chi connectivity index (χ1v) is 12.5. The van der Waals surface area contributed by atoms with Gasteiger partial charge in [0.25, 0.3) is 0 Å². The Labute approximate surface area is 200 Å². The van der Waals surface area contributed by atoms with Crippen LogP contribution in [0.3, 0.4) is 0 Å². The van der Waals surface area contributed by atoms with Crippen LogP contribution in [0.25, 0.3) is 0 Å². The molecule has 33 heavy (non-hydrogen) atoms. The first-order chi connectivity index (χ1) is 16.0. The molecule has 8 heteroatoms. The number of ether oxygens (including phenoxy) is 1. The fourth-order valence-electron chi connectivity index (χ4n) is 3.82. The summed E-state index contributed by atoms with van der Waals surface area (Å²) in [6, 6.07) is 16.5. The molecule has 3 aromatic rings. The van der Waals surface area contributed by atoms with Gasteiger partial charge in [-0.05, 0) is 41.8 Å². The van der Waals surface area contributed by atoms with E-state index in [1.165, 1.54) is 47.9 Å². The van der Waals surface area contributed by atoms with Gasteiger partial charge in [-0.2, -0.15) is 0 Å². The number of carbonyl (C=O) groups is 2. The van der Waals surface area contributed by atoms with Crippen molar-refractivity contribution in [2.45, 2.75) is 30.8 Å². The lowest BCUT2D eigenvalue weighted by Crippen LogP contribution is -2.29. The number of hydrogen-bond donors (Lipinski definition) is 1. The number of thiophene rings is 1. The summed E-state index contributed by atoms with van der Waals surface area (Å²) in [5, 5.41) is 3.49. The molecule has 1 aromatic heterocycles. The van der Waals surface area contributed by atoms with Crippen LogP contribution in [-0.2, 0) is 29.0 Å². The topological polar surface area (TPSA) is 58.6 Å². The number of anilines is 1. The van der Waals surface area contributed by atoms with Gasteiger partial charge in [0, 0.05) is 41.6 Å². The summed E-state index contributed by atoms with van der Waals surface area (Å²) >= 11 is 2.95. The van der Waals surface area contributed by atoms with Crippen LogP contribution in [-0.4, -0.2) is 36.2 Å². The smallest absolute Gasteiger partial charge is 0.341 e. The van der Waals surface area contributed by atoms with Crippen molar-refractivity contribution < 1.29 is 18.7 Å². The lowest BCUT2D eigenvalue weighted by molar-refractivity contribution is -0.115. The number of nitrogens with one attached hydrogen (secondary N) is 1. The van der Waals surface area contributed by atoms with E-state index in [4.69, 9.17) is 4.74 Å². The minimum Gasteiger partial charge on any atom is -0.465 e. The molecule has 0 atom stereocenters. The van der Waals surface area contributed by atoms with Gasteiger partial charge in [0.1, 0.15) is 10.8 Å². The summed E-state index contributed by atoms with van der Waals surface area (Å²) in [7, 11) is 1.36. The van der Waals surface area contributed by atoms with Gasteiger partial charge < -0.3 is 10.1 Å². The van der Waals surface area contributed by atoms with Crippen molar-refractivity contribution in [2.75, 3.05) is 24.7 Å². The second-order valence-corrected chi connectivity index (χ2v) is 10.0. The molecule has 4 rings (SSSR count). The van der Waals surface area contributed by atoms with Gasteiger partial charge in [-0.15, -0.1) is 23.1 Å². The number of methoxy groups -OCH3 is 1. The number of hydrogen-bond acceptors (Lipinski definition) is 6. The van der Waals surface area contributed by atoms with Gasteiger partial charge >= 0.3 is 5.97 Å². The molecule has 0 saturated carbocycles. The highest BCUT2D eigenvalue weighted by molar-refractivity contribution is 7.99. The van der Waals surface area contributed by atoms with Crippen LogP contribution in [0.1, 0.15) is 32.8 Å². The molecule has 1 amide bonds. The molecular weight excluding hydrogens is 459 g/mol. The summed E-state index contributed by atoms with van der Waals surface area (Å²) in [6.45, 7) is 2.41. The fourth-order valence-corrected chi connectivity index (χ4v) is 5.97. The molecule has 0 spiro atoms. The Hall–Kier alpha value is -2.68. The van der Waals surface area contributed by atoms with Gasteiger partial charge in [-0.1, -0.05) is 30.3 Å². The maximum atomic E-state index is 13.0. The molecular formula is C25H25FN2O3S2. The van der Waals surface area contributed by atoms with Crippen molar-refractivity contribution in [1.82, 2.24) is 4.90 Å². The molecule has 0 fully saturated rings. The van der Waals surface area contributed by atoms with E-state index in [0.717, 1.165) is 41.4 Å². The van der Waals surface area contributed by atoms with Crippen LogP contribution in [0.15, 0.2) is 59.5 Å². The zero-order valence-electron chi connectivity index (χ0n) is 18.3. The average molecular weight is 485 g/mol. The summed E-state index contributed by atoms with van der Waals surface area (Å²) < 4.78 is 18.1. The van der Waals surface area contributed by atoms with Crippen molar-refractivity contribution in [3.05, 3.63) is 82.0 Å². The maximum absolute atomic E-state index is 13.0. The maximum Gasteiger partial charge on any atom is 0.341 e. The number of rotatable bonds is 8. The molecule has 0 saturated heterocycles. The van der Waals surface area contributed by atoms with E-state index in [1.54, 1.807) is 12.1 Å². The number of halogens is 1. The van der Waals surface area contributed by atoms with Crippen LogP contribution < -0.4 is 5.32 Å². The Kier molecular flexibility index (Phi) is 7.80. The first-order valence-electron chi connectivity index (χ1n) is 10.7. The number of benzene rings is 2. The summed E-state index contributed by atoms with van der Waals surface area (Å²) in [6.07, 6.45) is 1.02. The summed E-state index contributed by atoms with van der Waals surface area (Å²) in [4.78, 5) is 29.5. The van der Waals surface area contributed by atoms with E-state index >= 15 is 0 Å². The molecule has 0 radical (unpaired) electrons. The highest BCUT2D eigenvalue weighted by Crippen LogP contribution is 2.38. The van der Waals surface area contributed by atoms with E-state index in [0.29, 0.717) is 16.3 Å². The van der Waals surface area contributed by atoms with E-state index in [-0.39, 0.29) is 18.1 Å². The lowest BCUT2D eigenvalue weighted by Gasteiger charge is -2.27. The van der Waals surface area contributed by atoms with Crippen molar-refractivity contribution in [2.24, 2.45) is 0 Å². The third kappa shape index (κ3) is 6.01. The Bertz CT molecular complexity index is 1120. The quantitative estimate of drug-likeness (QED) is 0.345. The van der Waals surface area contributed by atoms with Gasteiger partial charge in [0.15, 0.2) is 0 Å². The van der Waals surface area contributed by atoms with E-state index in [2.05, 4.69) is 22.3 Å². The van der Waals surface area contributed by atoms with Crippen LogP contribution in [0.4, 0.5) is 9.39 Å². The fraction of sp³-hybridized carbons (Fsp3) is 0.280. The molecule has 0 bridgehead atoms. The van der Waals surface area contributed by atoms with E-state index in [9.17, 15) is 14.0 Å². The average Bonchev–Trinajstić information content (AvgIpc) is 3.17. The lowest BCUT2D eigenvalue weighted by atomic mass is 10.0. The third-order valence-corrected chi connectivity index (χ3v) is 7.58. The Morgan fingerprint density at radius 2 is 1.91 bits per heavy atom. The van der Waals surface area contributed by atoms with Crippen LogP contribution >= 0.6 is 23.1 Å². The highest BCUT2D eigenvalue weighted by Gasteiger charge is 2.29. The Morgan fingerprint density at radius 1 is 1.15 bits per heavy atom. The zero-order valence-corrected chi connectivity index (χ0v) is 19.9. The Balaban J connectivity index is 1.41. The monoisotopic (exact) mass is 484 g/mol. The SMILES string of the molecule is COC(=O)c1c(NC(=O)CCSc2ccc(F)cc2)sc2c1CCN(Cc1ccccc1)C2. The van der Waals surface area contributed by atoms with Crippen molar-refractivity contribution in [1.29, 1.82) is 0 Å². The minimum atomic E-state index is -0.417. The normalized spacial score (nSPS) is 13.4. The van der Waals surface area contributed by atoms with Gasteiger partial charge in [-0.3, -0.25) is 9.69 Å². The van der Waals surface area contributed by atoms with Gasteiger partial charge in [0.05, 0.1) is 12.7 Å². The summed E-state index contributed by atoms with van der Waals surface area (Å²) in [5.41, 5.74) is 2.71. The van der Waals surface area contributed by atoms with Crippen molar-refractivity contribution in [3.63, 3.8) is 0 Å². The van der Waals surface area contributed by atoms with Crippen molar-refractivity contribution >= 4 is 40.0 Å². The predicted molar refractivity (Wildman–Crippen MR) is 130 cm³/mol. The molecule has 2 heterocycles. The number of esters is 1. The molecule has 0 unspecified atom stereocenters. The largest absolute Gasteiger partial charge is 0.465 e. The molecule has 172 valence electrons. The standard InChI is InChI=1S/C25H25FN2O3S2/c1-31-25(30)23-20-11-13-28(15-17-5-3-2-4-6-17)16-21(20)33-24(23)27-22(29)12-14-32-19-9-7-18(26)8-10-19/h2-10H,11-16H2,1H3,(H,27,29). The zero-order chi connectivity index (χ0) is 23.2. The van der Waals surface area contributed by atoms with Crippen molar-refractivity contribution in [3.8, 4) is 0 Å². The van der Waals surface area contributed by atoms with Gasteiger partial charge in [-0.25, -0.2) is 9.18 Å². The van der Waals surface area contributed by atoms with E-state index < -0.39 is 5.97 Å². The second-order valence-electron chi connectivity index (χ2n) is 7.75. The Morgan fingerprint density at radius 3 is 2.64 bits per heavy atom. The molecule has 2 aromatic carbocycles. The molecule has 0 aliphatic carbocycles. The number of fused-ring (bicyclic) bond motifs is 1. The minimum absolute atomic E-state index is 0.158.